The average molecular weight is 275 g/mol. The van der Waals surface area contributed by atoms with Gasteiger partial charge in [-0.1, -0.05) is 38.1 Å². The van der Waals surface area contributed by atoms with Crippen molar-refractivity contribution in [1.29, 1.82) is 0 Å². The summed E-state index contributed by atoms with van der Waals surface area (Å²) in [7, 11) is 0. The van der Waals surface area contributed by atoms with E-state index in [1.54, 1.807) is 10.7 Å². The molecule has 0 aliphatic heterocycles. The number of benzene rings is 1. The Morgan fingerprint density at radius 2 is 2.10 bits per heavy atom. The van der Waals surface area contributed by atoms with E-state index >= 15 is 0 Å². The van der Waals surface area contributed by atoms with Crippen LogP contribution in [0.1, 0.15) is 32.0 Å². The number of nitrogens with zero attached hydrogens (tertiary/aromatic N) is 4. The van der Waals surface area contributed by atoms with Crippen molar-refractivity contribution >= 4 is 11.5 Å². The zero-order chi connectivity index (χ0) is 14.9. The summed E-state index contributed by atoms with van der Waals surface area (Å²) in [6, 6.07) is 6.47. The standard InChI is InChI=1S/C13H17N5O2/c1-13(2,3)11-12(14)15-16-17(11)8-9-5-4-6-10(7-9)18(19)20/h4-7H,8,14H2,1-3H3. The Bertz CT molecular complexity index is 642. The van der Waals surface area contributed by atoms with Crippen LogP contribution in [-0.4, -0.2) is 19.9 Å². The number of non-ortho nitro benzene ring substituents is 1. The number of anilines is 1. The summed E-state index contributed by atoms with van der Waals surface area (Å²) >= 11 is 0. The number of hydrogen-bond donors (Lipinski definition) is 1. The lowest BCUT2D eigenvalue weighted by molar-refractivity contribution is -0.384. The minimum absolute atomic E-state index is 0.0629. The molecule has 1 aromatic heterocycles. The molecule has 2 rings (SSSR count). The van der Waals surface area contributed by atoms with Crippen LogP contribution >= 0.6 is 0 Å². The number of nitrogen functional groups attached to an aromatic ring is 1. The van der Waals surface area contributed by atoms with Crippen molar-refractivity contribution in [2.75, 3.05) is 5.73 Å². The van der Waals surface area contributed by atoms with Crippen LogP contribution < -0.4 is 5.73 Å². The Morgan fingerprint density at radius 1 is 1.40 bits per heavy atom. The zero-order valence-electron chi connectivity index (χ0n) is 11.7. The van der Waals surface area contributed by atoms with E-state index in [0.29, 0.717) is 12.4 Å². The lowest BCUT2D eigenvalue weighted by Gasteiger charge is -2.20. The second-order valence-corrected chi connectivity index (χ2v) is 5.66. The Labute approximate surface area is 116 Å². The van der Waals surface area contributed by atoms with Gasteiger partial charge in [-0.15, -0.1) is 5.10 Å². The predicted molar refractivity (Wildman–Crippen MR) is 75.3 cm³/mol. The Balaban J connectivity index is 2.36. The van der Waals surface area contributed by atoms with Gasteiger partial charge in [-0.25, -0.2) is 4.68 Å². The molecule has 0 fully saturated rings. The molecule has 20 heavy (non-hydrogen) atoms. The number of aromatic nitrogens is 3. The maximum Gasteiger partial charge on any atom is 0.269 e. The SMILES string of the molecule is CC(C)(C)c1c(N)nnn1Cc1cccc([N+](=O)[O-])c1. The van der Waals surface area contributed by atoms with Crippen molar-refractivity contribution in [2.45, 2.75) is 32.7 Å². The van der Waals surface area contributed by atoms with Gasteiger partial charge in [0, 0.05) is 17.5 Å². The number of hydrogen-bond acceptors (Lipinski definition) is 5. The maximum absolute atomic E-state index is 10.8. The van der Waals surface area contributed by atoms with Crippen molar-refractivity contribution < 1.29 is 4.92 Å². The van der Waals surface area contributed by atoms with E-state index in [2.05, 4.69) is 10.3 Å². The topological polar surface area (TPSA) is 99.9 Å². The molecule has 0 spiro atoms. The highest BCUT2D eigenvalue weighted by Crippen LogP contribution is 2.26. The van der Waals surface area contributed by atoms with E-state index in [9.17, 15) is 10.1 Å². The van der Waals surface area contributed by atoms with Gasteiger partial charge in [0.25, 0.3) is 5.69 Å². The first-order valence-electron chi connectivity index (χ1n) is 6.22. The van der Waals surface area contributed by atoms with Crippen LogP contribution in [0.5, 0.6) is 0 Å². The van der Waals surface area contributed by atoms with Crippen LogP contribution in [0.4, 0.5) is 11.5 Å². The molecule has 0 saturated heterocycles. The predicted octanol–water partition coefficient (Wildman–Crippen LogP) is 2.11. The third-order valence-electron chi connectivity index (χ3n) is 2.93. The highest BCUT2D eigenvalue weighted by Gasteiger charge is 2.24. The fourth-order valence-electron chi connectivity index (χ4n) is 2.15. The Morgan fingerprint density at radius 3 is 2.70 bits per heavy atom. The summed E-state index contributed by atoms with van der Waals surface area (Å²) in [5.41, 5.74) is 7.33. The normalized spacial score (nSPS) is 11.6. The number of nitro benzene ring substituents is 1. The molecule has 0 unspecified atom stereocenters. The van der Waals surface area contributed by atoms with Crippen molar-refractivity contribution in [1.82, 2.24) is 15.0 Å². The minimum atomic E-state index is -0.413. The summed E-state index contributed by atoms with van der Waals surface area (Å²) in [5.74, 6) is 0.392. The molecular formula is C13H17N5O2. The monoisotopic (exact) mass is 275 g/mol. The van der Waals surface area contributed by atoms with Crippen molar-refractivity contribution in [3.63, 3.8) is 0 Å². The number of rotatable bonds is 3. The lowest BCUT2D eigenvalue weighted by Crippen LogP contribution is -2.20. The minimum Gasteiger partial charge on any atom is -0.381 e. The summed E-state index contributed by atoms with van der Waals surface area (Å²) in [4.78, 5) is 10.4. The van der Waals surface area contributed by atoms with Crippen molar-refractivity contribution in [3.8, 4) is 0 Å². The molecule has 0 saturated carbocycles. The van der Waals surface area contributed by atoms with Gasteiger partial charge in [-0.05, 0) is 5.56 Å². The zero-order valence-corrected chi connectivity index (χ0v) is 11.7. The van der Waals surface area contributed by atoms with E-state index in [-0.39, 0.29) is 11.1 Å². The van der Waals surface area contributed by atoms with E-state index < -0.39 is 4.92 Å². The third kappa shape index (κ3) is 2.76. The molecule has 0 aliphatic rings. The maximum atomic E-state index is 10.8. The first-order valence-corrected chi connectivity index (χ1v) is 6.22. The van der Waals surface area contributed by atoms with Crippen LogP contribution in [0.2, 0.25) is 0 Å². The van der Waals surface area contributed by atoms with E-state index in [4.69, 9.17) is 5.73 Å². The van der Waals surface area contributed by atoms with E-state index in [1.807, 2.05) is 26.8 Å². The second-order valence-electron chi connectivity index (χ2n) is 5.66. The summed E-state index contributed by atoms with van der Waals surface area (Å²) in [5, 5.41) is 18.7. The van der Waals surface area contributed by atoms with Crippen LogP contribution in [0.15, 0.2) is 24.3 Å². The van der Waals surface area contributed by atoms with Crippen molar-refractivity contribution in [3.05, 3.63) is 45.6 Å². The number of nitro groups is 1. The van der Waals surface area contributed by atoms with Gasteiger partial charge < -0.3 is 5.73 Å². The highest BCUT2D eigenvalue weighted by molar-refractivity contribution is 5.39. The van der Waals surface area contributed by atoms with Crippen LogP contribution in [-0.2, 0) is 12.0 Å². The second kappa shape index (κ2) is 4.92. The first-order chi connectivity index (χ1) is 9.29. The molecule has 2 N–H and O–H groups in total. The van der Waals surface area contributed by atoms with Gasteiger partial charge >= 0.3 is 0 Å². The number of nitrogens with two attached hydrogens (primary N) is 1. The first kappa shape index (κ1) is 14.0. The van der Waals surface area contributed by atoms with Crippen LogP contribution in [0.3, 0.4) is 0 Å². The van der Waals surface area contributed by atoms with Gasteiger partial charge in [0.1, 0.15) is 0 Å². The van der Waals surface area contributed by atoms with E-state index in [1.165, 1.54) is 12.1 Å². The Hall–Kier alpha value is -2.44. The molecule has 0 radical (unpaired) electrons. The molecule has 1 aromatic carbocycles. The van der Waals surface area contributed by atoms with Crippen LogP contribution in [0, 0.1) is 10.1 Å². The van der Waals surface area contributed by atoms with Gasteiger partial charge in [-0.2, -0.15) is 0 Å². The largest absolute Gasteiger partial charge is 0.381 e. The fraction of sp³-hybridized carbons (Fsp3) is 0.385. The molecule has 7 heteroatoms. The smallest absolute Gasteiger partial charge is 0.269 e. The van der Waals surface area contributed by atoms with Crippen molar-refractivity contribution in [2.24, 2.45) is 0 Å². The highest BCUT2D eigenvalue weighted by atomic mass is 16.6. The molecule has 1 heterocycles. The fourth-order valence-corrected chi connectivity index (χ4v) is 2.15. The molecule has 7 nitrogen and oxygen atoms in total. The molecular weight excluding hydrogens is 258 g/mol. The summed E-state index contributed by atoms with van der Waals surface area (Å²) in [6.07, 6.45) is 0. The van der Waals surface area contributed by atoms with Crippen LogP contribution in [0.25, 0.3) is 0 Å². The van der Waals surface area contributed by atoms with Gasteiger partial charge in [0.05, 0.1) is 17.2 Å². The molecule has 0 atom stereocenters. The average Bonchev–Trinajstić information content (AvgIpc) is 2.70. The van der Waals surface area contributed by atoms with E-state index in [0.717, 1.165) is 11.3 Å². The molecule has 0 bridgehead atoms. The summed E-state index contributed by atoms with van der Waals surface area (Å²) < 4.78 is 1.69. The quantitative estimate of drug-likeness (QED) is 0.683. The molecule has 0 amide bonds. The Kier molecular flexibility index (Phi) is 3.44. The third-order valence-corrected chi connectivity index (χ3v) is 2.93. The molecule has 106 valence electrons. The molecule has 2 aromatic rings. The lowest BCUT2D eigenvalue weighted by atomic mass is 9.92. The van der Waals surface area contributed by atoms with Gasteiger partial charge in [0.15, 0.2) is 5.82 Å². The van der Waals surface area contributed by atoms with Gasteiger partial charge in [-0.3, -0.25) is 10.1 Å². The summed E-state index contributed by atoms with van der Waals surface area (Å²) in [6.45, 7) is 6.46. The van der Waals surface area contributed by atoms with Gasteiger partial charge in [0.2, 0.25) is 0 Å². The molecule has 0 aliphatic carbocycles.